The van der Waals surface area contributed by atoms with Gasteiger partial charge in [0.25, 0.3) is 0 Å². The molecular formula is C16H14ClN3O2. The lowest BCUT2D eigenvalue weighted by atomic mass is 10.0. The Labute approximate surface area is 132 Å². The molecule has 6 heteroatoms. The first-order chi connectivity index (χ1) is 10.6. The Hall–Kier alpha value is -2.40. The number of aromatic nitrogens is 3. The SMILES string of the molecule is CCOC(=O)c1cc(Cl)c2c(-c3ccccc3C)[nH]nc2n1. The van der Waals surface area contributed by atoms with Gasteiger partial charge in [0.05, 0.1) is 22.7 Å². The van der Waals surface area contributed by atoms with Gasteiger partial charge in [-0.15, -0.1) is 0 Å². The van der Waals surface area contributed by atoms with Crippen molar-refractivity contribution in [3.63, 3.8) is 0 Å². The molecule has 0 aliphatic heterocycles. The molecule has 0 atom stereocenters. The van der Waals surface area contributed by atoms with Crippen LogP contribution in [0.1, 0.15) is 23.0 Å². The number of hydrogen-bond donors (Lipinski definition) is 1. The molecule has 0 radical (unpaired) electrons. The molecule has 1 N–H and O–H groups in total. The minimum absolute atomic E-state index is 0.155. The van der Waals surface area contributed by atoms with Crippen molar-refractivity contribution < 1.29 is 9.53 Å². The molecule has 112 valence electrons. The molecule has 0 saturated heterocycles. The fraction of sp³-hybridized carbons (Fsp3) is 0.188. The zero-order valence-corrected chi connectivity index (χ0v) is 12.9. The van der Waals surface area contributed by atoms with Crippen molar-refractivity contribution in [1.82, 2.24) is 15.2 Å². The van der Waals surface area contributed by atoms with Gasteiger partial charge in [-0.2, -0.15) is 5.10 Å². The van der Waals surface area contributed by atoms with Gasteiger partial charge in [-0.1, -0.05) is 35.9 Å². The highest BCUT2D eigenvalue weighted by Crippen LogP contribution is 2.33. The van der Waals surface area contributed by atoms with Gasteiger partial charge in [-0.05, 0) is 25.5 Å². The number of aromatic amines is 1. The molecule has 3 aromatic rings. The van der Waals surface area contributed by atoms with E-state index in [9.17, 15) is 4.79 Å². The average molecular weight is 316 g/mol. The molecule has 0 aliphatic carbocycles. The zero-order chi connectivity index (χ0) is 15.7. The second-order valence-electron chi connectivity index (χ2n) is 4.82. The summed E-state index contributed by atoms with van der Waals surface area (Å²) in [5.41, 5.74) is 3.44. The van der Waals surface area contributed by atoms with Gasteiger partial charge in [0, 0.05) is 5.56 Å². The van der Waals surface area contributed by atoms with Crippen molar-refractivity contribution in [2.24, 2.45) is 0 Å². The third-order valence-electron chi connectivity index (χ3n) is 3.37. The van der Waals surface area contributed by atoms with Crippen LogP contribution in [-0.2, 0) is 4.74 Å². The lowest BCUT2D eigenvalue weighted by Crippen LogP contribution is -2.07. The summed E-state index contributed by atoms with van der Waals surface area (Å²) in [5, 5.41) is 8.25. The highest BCUT2D eigenvalue weighted by atomic mass is 35.5. The van der Waals surface area contributed by atoms with Crippen LogP contribution in [0.5, 0.6) is 0 Å². The maximum atomic E-state index is 11.8. The Balaban J connectivity index is 2.17. The first kappa shape index (κ1) is 14.5. The quantitative estimate of drug-likeness (QED) is 0.747. The van der Waals surface area contributed by atoms with Gasteiger partial charge in [0.2, 0.25) is 0 Å². The summed E-state index contributed by atoms with van der Waals surface area (Å²) in [6, 6.07) is 9.42. The summed E-state index contributed by atoms with van der Waals surface area (Å²) in [5.74, 6) is -0.508. The van der Waals surface area contributed by atoms with Crippen LogP contribution in [-0.4, -0.2) is 27.8 Å². The van der Waals surface area contributed by atoms with E-state index >= 15 is 0 Å². The molecule has 0 aliphatic rings. The van der Waals surface area contributed by atoms with Crippen LogP contribution in [0.15, 0.2) is 30.3 Å². The highest BCUT2D eigenvalue weighted by Gasteiger charge is 2.18. The van der Waals surface area contributed by atoms with Gasteiger partial charge in [0.1, 0.15) is 0 Å². The van der Waals surface area contributed by atoms with Crippen molar-refractivity contribution in [1.29, 1.82) is 0 Å². The molecule has 0 fully saturated rings. The predicted octanol–water partition coefficient (Wildman–Crippen LogP) is 3.76. The topological polar surface area (TPSA) is 67.9 Å². The van der Waals surface area contributed by atoms with Gasteiger partial charge >= 0.3 is 5.97 Å². The Morgan fingerprint density at radius 1 is 1.36 bits per heavy atom. The van der Waals surface area contributed by atoms with Crippen molar-refractivity contribution in [2.75, 3.05) is 6.61 Å². The summed E-state index contributed by atoms with van der Waals surface area (Å²) in [7, 11) is 0. The molecule has 0 saturated carbocycles. The maximum Gasteiger partial charge on any atom is 0.357 e. The number of hydrogen-bond acceptors (Lipinski definition) is 4. The highest BCUT2D eigenvalue weighted by molar-refractivity contribution is 6.36. The second-order valence-corrected chi connectivity index (χ2v) is 5.23. The molecule has 0 amide bonds. The number of fused-ring (bicyclic) bond motifs is 1. The number of ether oxygens (including phenoxy) is 1. The number of nitrogens with zero attached hydrogens (tertiary/aromatic N) is 2. The third-order valence-corrected chi connectivity index (χ3v) is 3.67. The van der Waals surface area contributed by atoms with Crippen LogP contribution >= 0.6 is 11.6 Å². The first-order valence-corrected chi connectivity index (χ1v) is 7.27. The number of H-pyrrole nitrogens is 1. The van der Waals surface area contributed by atoms with Crippen LogP contribution in [0.2, 0.25) is 5.02 Å². The van der Waals surface area contributed by atoms with Gasteiger partial charge < -0.3 is 4.74 Å². The van der Waals surface area contributed by atoms with Crippen LogP contribution in [0.25, 0.3) is 22.3 Å². The number of aryl methyl sites for hydroxylation is 1. The number of benzene rings is 1. The lowest BCUT2D eigenvalue weighted by Gasteiger charge is -2.05. The Morgan fingerprint density at radius 3 is 2.86 bits per heavy atom. The molecule has 5 nitrogen and oxygen atoms in total. The summed E-state index contributed by atoms with van der Waals surface area (Å²) < 4.78 is 4.94. The third kappa shape index (κ3) is 2.44. The molecule has 3 rings (SSSR count). The molecular weight excluding hydrogens is 302 g/mol. The number of rotatable bonds is 3. The van der Waals surface area contributed by atoms with E-state index in [-0.39, 0.29) is 12.3 Å². The normalized spacial score (nSPS) is 10.9. The van der Waals surface area contributed by atoms with Crippen LogP contribution in [0, 0.1) is 6.92 Å². The molecule has 2 aromatic heterocycles. The number of halogens is 1. The van der Waals surface area contributed by atoms with Gasteiger partial charge in [0.15, 0.2) is 11.3 Å². The smallest absolute Gasteiger partial charge is 0.357 e. The largest absolute Gasteiger partial charge is 0.461 e. The van der Waals surface area contributed by atoms with Gasteiger partial charge in [-0.25, -0.2) is 9.78 Å². The minimum Gasteiger partial charge on any atom is -0.461 e. The molecule has 0 bridgehead atoms. The number of nitrogens with one attached hydrogen (secondary N) is 1. The second kappa shape index (κ2) is 5.77. The molecule has 22 heavy (non-hydrogen) atoms. The van der Waals surface area contributed by atoms with Crippen LogP contribution in [0.4, 0.5) is 0 Å². The van der Waals surface area contributed by atoms with E-state index in [2.05, 4.69) is 15.2 Å². The molecule has 1 aromatic carbocycles. The summed E-state index contributed by atoms with van der Waals surface area (Å²) in [6.07, 6.45) is 0. The summed E-state index contributed by atoms with van der Waals surface area (Å²) >= 11 is 6.35. The first-order valence-electron chi connectivity index (χ1n) is 6.89. The number of pyridine rings is 1. The number of carbonyl (C=O) groups is 1. The number of esters is 1. The number of carbonyl (C=O) groups excluding carboxylic acids is 1. The van der Waals surface area contributed by atoms with Crippen molar-refractivity contribution in [2.45, 2.75) is 13.8 Å². The van der Waals surface area contributed by atoms with Crippen molar-refractivity contribution in [3.05, 3.63) is 46.6 Å². The van der Waals surface area contributed by atoms with E-state index in [4.69, 9.17) is 16.3 Å². The average Bonchev–Trinajstić information content (AvgIpc) is 2.92. The monoisotopic (exact) mass is 315 g/mol. The zero-order valence-electron chi connectivity index (χ0n) is 12.2. The molecule has 2 heterocycles. The lowest BCUT2D eigenvalue weighted by molar-refractivity contribution is 0.0520. The van der Waals surface area contributed by atoms with Crippen molar-refractivity contribution in [3.8, 4) is 11.3 Å². The van der Waals surface area contributed by atoms with Crippen LogP contribution in [0.3, 0.4) is 0 Å². The Bertz CT molecular complexity index is 858. The Morgan fingerprint density at radius 2 is 2.14 bits per heavy atom. The van der Waals surface area contributed by atoms with E-state index in [1.807, 2.05) is 31.2 Å². The standard InChI is InChI=1S/C16H14ClN3O2/c1-3-22-16(21)12-8-11(17)13-14(19-20-15(13)18-12)10-7-5-4-6-9(10)2/h4-8H,3H2,1-2H3,(H,18,19,20). The van der Waals surface area contributed by atoms with Crippen LogP contribution < -0.4 is 0 Å². The van der Waals surface area contributed by atoms with E-state index in [0.29, 0.717) is 16.1 Å². The van der Waals surface area contributed by atoms with E-state index < -0.39 is 5.97 Å². The summed E-state index contributed by atoms with van der Waals surface area (Å²) in [4.78, 5) is 16.0. The van der Waals surface area contributed by atoms with Gasteiger partial charge in [-0.3, -0.25) is 5.10 Å². The van der Waals surface area contributed by atoms with E-state index in [0.717, 1.165) is 16.8 Å². The fourth-order valence-electron chi connectivity index (χ4n) is 2.34. The Kier molecular flexibility index (Phi) is 3.81. The summed E-state index contributed by atoms with van der Waals surface area (Å²) in [6.45, 7) is 4.03. The maximum absolute atomic E-state index is 11.8. The molecule has 0 unspecified atom stereocenters. The fourth-order valence-corrected chi connectivity index (χ4v) is 2.62. The minimum atomic E-state index is -0.508. The van der Waals surface area contributed by atoms with E-state index in [1.54, 1.807) is 6.92 Å². The van der Waals surface area contributed by atoms with Crippen molar-refractivity contribution >= 4 is 28.6 Å². The molecule has 0 spiro atoms. The van der Waals surface area contributed by atoms with E-state index in [1.165, 1.54) is 6.07 Å². The predicted molar refractivity (Wildman–Crippen MR) is 85.0 cm³/mol.